The van der Waals surface area contributed by atoms with Crippen molar-refractivity contribution in [3.63, 3.8) is 0 Å². The first-order chi connectivity index (χ1) is 14.8. The van der Waals surface area contributed by atoms with E-state index in [1.54, 1.807) is 29.1 Å². The molecule has 0 saturated heterocycles. The van der Waals surface area contributed by atoms with Crippen molar-refractivity contribution in [2.75, 3.05) is 5.32 Å². The van der Waals surface area contributed by atoms with Gasteiger partial charge in [0.05, 0.1) is 18.4 Å². The van der Waals surface area contributed by atoms with Gasteiger partial charge in [0.15, 0.2) is 11.3 Å². The minimum atomic E-state index is -3.08. The quantitative estimate of drug-likeness (QED) is 0.428. The van der Waals surface area contributed by atoms with E-state index in [1.165, 1.54) is 6.20 Å². The van der Waals surface area contributed by atoms with Gasteiger partial charge in [-0.25, -0.2) is 27.1 Å². The molecule has 12 heteroatoms. The van der Waals surface area contributed by atoms with Crippen LogP contribution in [0.4, 0.5) is 23.2 Å². The lowest BCUT2D eigenvalue weighted by atomic mass is 10.2. The van der Waals surface area contributed by atoms with Crippen molar-refractivity contribution in [1.29, 1.82) is 0 Å². The molecule has 0 aliphatic carbocycles. The second kappa shape index (κ2) is 8.34. The van der Waals surface area contributed by atoms with E-state index >= 15 is 0 Å². The fraction of sp³-hybridized carbons (Fsp3) is 0.158. The average molecular weight is 453 g/mol. The number of fused-ring (bicyclic) bond motifs is 1. The summed E-state index contributed by atoms with van der Waals surface area (Å²) < 4.78 is 54.6. The molecular weight excluding hydrogens is 440 g/mol. The number of nitrogens with zero attached hydrogens (tertiary/aromatic N) is 5. The van der Waals surface area contributed by atoms with Crippen LogP contribution in [0.3, 0.4) is 0 Å². The predicted molar refractivity (Wildman–Crippen MR) is 104 cm³/mol. The summed E-state index contributed by atoms with van der Waals surface area (Å²) in [5.41, 5.74) is -0.919. The first-order valence-electron chi connectivity index (χ1n) is 8.85. The largest absolute Gasteiger partial charge is 0.318 e. The van der Waals surface area contributed by atoms with E-state index in [1.807, 2.05) is 6.07 Å². The number of halogens is 5. The first-order valence-corrected chi connectivity index (χ1v) is 9.23. The lowest BCUT2D eigenvalue weighted by Crippen LogP contribution is -2.12. The van der Waals surface area contributed by atoms with Crippen LogP contribution in [0.2, 0.25) is 5.02 Å². The van der Waals surface area contributed by atoms with Crippen LogP contribution in [0.15, 0.2) is 48.8 Å². The van der Waals surface area contributed by atoms with Gasteiger partial charge in [-0.15, -0.1) is 0 Å². The standard InChI is InChI=1S/C19H13ClF4N6O/c20-11-3-1-2-10(4-11)8-29-9-12(7-25-29)26-19(31)14-6-16-27-13(17(21)22)5-15(18(23)24)30(16)28-14/h1-7,9,17-18H,8H2,(H,26,31). The highest BCUT2D eigenvalue weighted by atomic mass is 35.5. The molecular formula is C19H13ClF4N6O. The zero-order valence-corrected chi connectivity index (χ0v) is 16.3. The summed E-state index contributed by atoms with van der Waals surface area (Å²) in [5.74, 6) is -0.730. The van der Waals surface area contributed by atoms with Gasteiger partial charge in [-0.05, 0) is 23.8 Å². The fourth-order valence-corrected chi connectivity index (χ4v) is 3.14. The van der Waals surface area contributed by atoms with Crippen LogP contribution in [0, 0.1) is 0 Å². The Morgan fingerprint density at radius 2 is 1.94 bits per heavy atom. The maximum absolute atomic E-state index is 13.3. The molecule has 3 heterocycles. The number of rotatable bonds is 6. The molecule has 4 aromatic rings. The number of carbonyl (C=O) groups excluding carboxylic acids is 1. The van der Waals surface area contributed by atoms with Gasteiger partial charge in [0.1, 0.15) is 11.4 Å². The van der Waals surface area contributed by atoms with E-state index < -0.39 is 30.1 Å². The van der Waals surface area contributed by atoms with E-state index in [-0.39, 0.29) is 11.3 Å². The van der Waals surface area contributed by atoms with Crippen molar-refractivity contribution in [1.82, 2.24) is 24.4 Å². The second-order valence-electron chi connectivity index (χ2n) is 6.52. The SMILES string of the molecule is O=C(Nc1cnn(Cc2cccc(Cl)c2)c1)c1cc2nc(C(F)F)cc(C(F)F)n2n1. The van der Waals surface area contributed by atoms with Crippen LogP contribution in [-0.4, -0.2) is 30.3 Å². The highest BCUT2D eigenvalue weighted by molar-refractivity contribution is 6.30. The summed E-state index contributed by atoms with van der Waals surface area (Å²) >= 11 is 5.95. The van der Waals surface area contributed by atoms with E-state index in [0.29, 0.717) is 27.8 Å². The molecule has 0 spiro atoms. The smallest absolute Gasteiger partial charge is 0.280 e. The Labute approximate surface area is 177 Å². The first kappa shape index (κ1) is 20.8. The number of amides is 1. The summed E-state index contributed by atoms with van der Waals surface area (Å²) in [4.78, 5) is 16.1. The molecule has 3 aromatic heterocycles. The number of hydrogen-bond acceptors (Lipinski definition) is 4. The molecule has 4 rings (SSSR count). The lowest BCUT2D eigenvalue weighted by molar-refractivity contribution is 0.102. The number of nitrogens with one attached hydrogen (secondary N) is 1. The zero-order valence-electron chi connectivity index (χ0n) is 15.5. The highest BCUT2D eigenvalue weighted by Gasteiger charge is 2.22. The van der Waals surface area contributed by atoms with Crippen LogP contribution in [0.25, 0.3) is 5.65 Å². The second-order valence-corrected chi connectivity index (χ2v) is 6.95. The Morgan fingerprint density at radius 1 is 1.13 bits per heavy atom. The van der Waals surface area contributed by atoms with Crippen LogP contribution < -0.4 is 5.32 Å². The average Bonchev–Trinajstić information content (AvgIpc) is 3.33. The molecule has 0 aliphatic rings. The van der Waals surface area contributed by atoms with Gasteiger partial charge < -0.3 is 5.32 Å². The molecule has 31 heavy (non-hydrogen) atoms. The number of alkyl halides is 4. The van der Waals surface area contributed by atoms with Crippen molar-refractivity contribution in [2.24, 2.45) is 0 Å². The van der Waals surface area contributed by atoms with Gasteiger partial charge in [0.2, 0.25) is 0 Å². The van der Waals surface area contributed by atoms with Crippen molar-refractivity contribution in [2.45, 2.75) is 19.4 Å². The van der Waals surface area contributed by atoms with Crippen LogP contribution >= 0.6 is 11.6 Å². The van der Waals surface area contributed by atoms with Gasteiger partial charge >= 0.3 is 0 Å². The summed E-state index contributed by atoms with van der Waals surface area (Å²) in [6.07, 6.45) is -3.16. The van der Waals surface area contributed by atoms with Gasteiger partial charge in [0, 0.05) is 17.3 Å². The summed E-state index contributed by atoms with van der Waals surface area (Å²) in [5, 5.41) is 11.0. The Morgan fingerprint density at radius 3 is 2.65 bits per heavy atom. The Bertz CT molecular complexity index is 1260. The number of anilines is 1. The van der Waals surface area contributed by atoms with E-state index in [9.17, 15) is 22.4 Å². The maximum Gasteiger partial charge on any atom is 0.280 e. The van der Waals surface area contributed by atoms with E-state index in [2.05, 4.69) is 20.5 Å². The van der Waals surface area contributed by atoms with E-state index in [4.69, 9.17) is 11.6 Å². The van der Waals surface area contributed by atoms with Crippen LogP contribution in [-0.2, 0) is 6.54 Å². The van der Waals surface area contributed by atoms with Gasteiger partial charge in [0.25, 0.3) is 18.8 Å². The van der Waals surface area contributed by atoms with Crippen molar-refractivity contribution < 1.29 is 22.4 Å². The summed E-state index contributed by atoms with van der Waals surface area (Å²) in [6.45, 7) is 0.406. The molecule has 0 radical (unpaired) electrons. The summed E-state index contributed by atoms with van der Waals surface area (Å²) in [7, 11) is 0. The number of carbonyl (C=O) groups is 1. The number of aromatic nitrogens is 5. The minimum Gasteiger partial charge on any atom is -0.318 e. The molecule has 1 aromatic carbocycles. The molecule has 1 N–H and O–H groups in total. The molecule has 0 atom stereocenters. The third kappa shape index (κ3) is 4.50. The molecule has 0 saturated carbocycles. The number of benzene rings is 1. The fourth-order valence-electron chi connectivity index (χ4n) is 2.93. The molecule has 160 valence electrons. The number of hydrogen-bond donors (Lipinski definition) is 1. The third-order valence-corrected chi connectivity index (χ3v) is 4.51. The molecule has 0 aliphatic heterocycles. The van der Waals surface area contributed by atoms with Crippen LogP contribution in [0.1, 0.15) is 40.3 Å². The Balaban J connectivity index is 1.55. The van der Waals surface area contributed by atoms with Gasteiger partial charge in [-0.1, -0.05) is 23.7 Å². The zero-order chi connectivity index (χ0) is 22.1. The maximum atomic E-state index is 13.3. The van der Waals surface area contributed by atoms with Crippen molar-refractivity contribution in [3.8, 4) is 0 Å². The predicted octanol–water partition coefficient (Wildman–Crippen LogP) is 4.76. The van der Waals surface area contributed by atoms with E-state index in [0.717, 1.165) is 11.6 Å². The molecule has 7 nitrogen and oxygen atoms in total. The monoisotopic (exact) mass is 452 g/mol. The van der Waals surface area contributed by atoms with Crippen molar-refractivity contribution >= 4 is 28.8 Å². The molecule has 0 fully saturated rings. The van der Waals surface area contributed by atoms with Gasteiger partial charge in [-0.3, -0.25) is 9.48 Å². The Hall–Kier alpha value is -3.47. The lowest BCUT2D eigenvalue weighted by Gasteiger charge is -2.06. The topological polar surface area (TPSA) is 77.1 Å². The third-order valence-electron chi connectivity index (χ3n) is 4.28. The normalized spacial score (nSPS) is 11.6. The summed E-state index contributed by atoms with van der Waals surface area (Å²) in [6, 6.07) is 8.81. The van der Waals surface area contributed by atoms with Gasteiger partial charge in [-0.2, -0.15) is 10.2 Å². The minimum absolute atomic E-state index is 0.261. The van der Waals surface area contributed by atoms with Crippen LogP contribution in [0.5, 0.6) is 0 Å². The molecule has 0 unspecified atom stereocenters. The highest BCUT2D eigenvalue weighted by Crippen LogP contribution is 2.25. The van der Waals surface area contributed by atoms with Crippen molar-refractivity contribution in [3.05, 3.63) is 76.5 Å². The molecule has 0 bridgehead atoms. The molecule has 1 amide bonds. The Kier molecular flexibility index (Phi) is 5.59.